The van der Waals surface area contributed by atoms with Crippen molar-refractivity contribution in [2.24, 2.45) is 5.92 Å². The molecule has 0 aromatic rings. The summed E-state index contributed by atoms with van der Waals surface area (Å²) < 4.78 is 29.6. The first kappa shape index (κ1) is 13.4. The van der Waals surface area contributed by atoms with Gasteiger partial charge in [-0.15, -0.1) is 0 Å². The van der Waals surface area contributed by atoms with E-state index in [1.165, 1.54) is 4.31 Å². The van der Waals surface area contributed by atoms with Gasteiger partial charge in [-0.2, -0.15) is 0 Å². The van der Waals surface area contributed by atoms with Gasteiger partial charge in [0.2, 0.25) is 10.0 Å². The number of carbonyl (C=O) groups excluding carboxylic acids is 1. The first-order valence-electron chi connectivity index (χ1n) is 5.65. The van der Waals surface area contributed by atoms with Gasteiger partial charge in [0.05, 0.1) is 18.3 Å². The highest BCUT2D eigenvalue weighted by Crippen LogP contribution is 2.20. The Hall–Kier alpha value is -0.620. The van der Waals surface area contributed by atoms with Crippen LogP contribution in [0.15, 0.2) is 0 Å². The van der Waals surface area contributed by atoms with Gasteiger partial charge < -0.3 is 4.74 Å². The van der Waals surface area contributed by atoms with Gasteiger partial charge in [0.25, 0.3) is 0 Å². The highest BCUT2D eigenvalue weighted by atomic mass is 32.2. The Morgan fingerprint density at radius 2 is 2.12 bits per heavy atom. The Labute approximate surface area is 96.8 Å². The molecule has 0 N–H and O–H groups in total. The summed E-state index contributed by atoms with van der Waals surface area (Å²) in [5.74, 6) is -0.490. The van der Waals surface area contributed by atoms with E-state index in [2.05, 4.69) is 0 Å². The van der Waals surface area contributed by atoms with Crippen molar-refractivity contribution >= 4 is 16.0 Å². The van der Waals surface area contributed by atoms with Gasteiger partial charge in [0.1, 0.15) is 0 Å². The summed E-state index contributed by atoms with van der Waals surface area (Å²) in [6.07, 6.45) is 1.44. The summed E-state index contributed by atoms with van der Waals surface area (Å²) in [6, 6.07) is 0. The predicted molar refractivity (Wildman–Crippen MR) is 60.4 cm³/mol. The number of sulfonamides is 1. The fraction of sp³-hybridized carbons (Fsp3) is 0.900. The van der Waals surface area contributed by atoms with Crippen LogP contribution in [0, 0.1) is 5.92 Å². The molecular weight excluding hydrogens is 230 g/mol. The van der Waals surface area contributed by atoms with Gasteiger partial charge in [0, 0.05) is 13.1 Å². The highest BCUT2D eigenvalue weighted by Gasteiger charge is 2.31. The van der Waals surface area contributed by atoms with Gasteiger partial charge >= 0.3 is 5.97 Å². The summed E-state index contributed by atoms with van der Waals surface area (Å²) in [6.45, 7) is 4.50. The van der Waals surface area contributed by atoms with E-state index in [1.807, 2.05) is 0 Å². The lowest BCUT2D eigenvalue weighted by molar-refractivity contribution is -0.149. The maximum Gasteiger partial charge on any atom is 0.310 e. The Kier molecular flexibility index (Phi) is 4.73. The number of piperidine rings is 1. The van der Waals surface area contributed by atoms with E-state index >= 15 is 0 Å². The fourth-order valence-corrected chi connectivity index (χ4v) is 3.01. The molecule has 6 heteroatoms. The minimum atomic E-state index is -3.18. The molecule has 1 atom stereocenters. The molecule has 0 radical (unpaired) electrons. The van der Waals surface area contributed by atoms with Gasteiger partial charge in [-0.25, -0.2) is 12.7 Å². The molecule has 0 aromatic carbocycles. The minimum Gasteiger partial charge on any atom is -0.466 e. The number of nitrogens with zero attached hydrogens (tertiary/aromatic N) is 1. The van der Waals surface area contributed by atoms with Crippen LogP contribution in [0.5, 0.6) is 0 Å². The molecule has 0 spiro atoms. The van der Waals surface area contributed by atoms with Gasteiger partial charge in [-0.3, -0.25) is 4.79 Å². The number of rotatable bonds is 4. The zero-order valence-electron chi connectivity index (χ0n) is 9.81. The number of hydrogen-bond donors (Lipinski definition) is 0. The number of carbonyl (C=O) groups is 1. The van der Waals surface area contributed by atoms with Crippen LogP contribution < -0.4 is 0 Å². The molecule has 0 aliphatic carbocycles. The average molecular weight is 249 g/mol. The van der Waals surface area contributed by atoms with Crippen molar-refractivity contribution in [3.63, 3.8) is 0 Å². The maximum atomic E-state index is 11.7. The van der Waals surface area contributed by atoms with E-state index in [0.717, 1.165) is 6.42 Å². The second kappa shape index (κ2) is 5.63. The van der Waals surface area contributed by atoms with Gasteiger partial charge in [-0.05, 0) is 26.7 Å². The van der Waals surface area contributed by atoms with Crippen LogP contribution >= 0.6 is 0 Å². The third kappa shape index (κ3) is 3.18. The van der Waals surface area contributed by atoms with E-state index in [9.17, 15) is 13.2 Å². The van der Waals surface area contributed by atoms with E-state index in [0.29, 0.717) is 19.6 Å². The lowest BCUT2D eigenvalue weighted by Gasteiger charge is -2.30. The van der Waals surface area contributed by atoms with Crippen LogP contribution in [-0.4, -0.2) is 44.1 Å². The Morgan fingerprint density at radius 3 is 2.69 bits per heavy atom. The number of esters is 1. The number of hydrogen-bond acceptors (Lipinski definition) is 4. The molecule has 16 heavy (non-hydrogen) atoms. The van der Waals surface area contributed by atoms with Crippen LogP contribution in [0.4, 0.5) is 0 Å². The van der Waals surface area contributed by atoms with Gasteiger partial charge in [0.15, 0.2) is 0 Å². The van der Waals surface area contributed by atoms with E-state index in [-0.39, 0.29) is 24.2 Å². The molecule has 1 unspecified atom stereocenters. The average Bonchev–Trinajstić information content (AvgIpc) is 2.29. The van der Waals surface area contributed by atoms with Crippen LogP contribution in [0.1, 0.15) is 26.7 Å². The Bertz CT molecular complexity index is 339. The highest BCUT2D eigenvalue weighted by molar-refractivity contribution is 7.89. The molecule has 1 heterocycles. The lowest BCUT2D eigenvalue weighted by Crippen LogP contribution is -2.43. The van der Waals surface area contributed by atoms with Crippen molar-refractivity contribution in [1.29, 1.82) is 0 Å². The Morgan fingerprint density at radius 1 is 1.44 bits per heavy atom. The standard InChI is InChI=1S/C10H19NO4S/c1-3-15-10(12)9-6-5-7-11(8-9)16(13,14)4-2/h9H,3-8H2,1-2H3. The monoisotopic (exact) mass is 249 g/mol. The SMILES string of the molecule is CCOC(=O)C1CCCN(S(=O)(=O)CC)C1. The summed E-state index contributed by atoms with van der Waals surface area (Å²) in [5.41, 5.74) is 0. The zero-order valence-corrected chi connectivity index (χ0v) is 10.6. The largest absolute Gasteiger partial charge is 0.466 e. The van der Waals surface area contributed by atoms with Crippen molar-refractivity contribution in [3.05, 3.63) is 0 Å². The predicted octanol–water partition coefficient (Wildman–Crippen LogP) is 0.611. The van der Waals surface area contributed by atoms with Crippen molar-refractivity contribution in [1.82, 2.24) is 4.31 Å². The van der Waals surface area contributed by atoms with Crippen LogP contribution in [0.25, 0.3) is 0 Å². The van der Waals surface area contributed by atoms with E-state index in [4.69, 9.17) is 4.74 Å². The summed E-state index contributed by atoms with van der Waals surface area (Å²) in [7, 11) is -3.18. The second-order valence-corrected chi connectivity index (χ2v) is 6.11. The molecule has 1 saturated heterocycles. The van der Waals surface area contributed by atoms with Crippen molar-refractivity contribution in [2.75, 3.05) is 25.4 Å². The molecule has 1 fully saturated rings. The summed E-state index contributed by atoms with van der Waals surface area (Å²) in [5, 5.41) is 0. The third-order valence-corrected chi connectivity index (χ3v) is 4.61. The normalized spacial score (nSPS) is 23.0. The van der Waals surface area contributed by atoms with Crippen LogP contribution in [-0.2, 0) is 19.6 Å². The summed E-state index contributed by atoms with van der Waals surface area (Å²) in [4.78, 5) is 11.5. The molecule has 1 rings (SSSR count). The zero-order chi connectivity index (χ0) is 12.2. The molecule has 0 aromatic heterocycles. The third-order valence-electron chi connectivity index (χ3n) is 2.76. The number of ether oxygens (including phenoxy) is 1. The van der Waals surface area contributed by atoms with Crippen molar-refractivity contribution in [3.8, 4) is 0 Å². The molecule has 0 bridgehead atoms. The molecule has 0 saturated carbocycles. The van der Waals surface area contributed by atoms with E-state index in [1.54, 1.807) is 13.8 Å². The van der Waals surface area contributed by atoms with Gasteiger partial charge in [-0.1, -0.05) is 0 Å². The van der Waals surface area contributed by atoms with E-state index < -0.39 is 10.0 Å². The van der Waals surface area contributed by atoms with Crippen LogP contribution in [0.3, 0.4) is 0 Å². The quantitative estimate of drug-likeness (QED) is 0.685. The fourth-order valence-electron chi connectivity index (χ4n) is 1.83. The molecule has 94 valence electrons. The maximum absolute atomic E-state index is 11.7. The molecule has 1 aliphatic heterocycles. The molecule has 0 amide bonds. The molecule has 5 nitrogen and oxygen atoms in total. The van der Waals surface area contributed by atoms with Crippen molar-refractivity contribution in [2.45, 2.75) is 26.7 Å². The first-order chi connectivity index (χ1) is 7.51. The second-order valence-electron chi connectivity index (χ2n) is 3.85. The first-order valence-corrected chi connectivity index (χ1v) is 7.26. The van der Waals surface area contributed by atoms with Crippen LogP contribution in [0.2, 0.25) is 0 Å². The van der Waals surface area contributed by atoms with Crippen molar-refractivity contribution < 1.29 is 17.9 Å². The Balaban J connectivity index is 2.64. The minimum absolute atomic E-state index is 0.0859. The smallest absolute Gasteiger partial charge is 0.310 e. The molecular formula is C10H19NO4S. The molecule has 1 aliphatic rings. The lowest BCUT2D eigenvalue weighted by atomic mass is 10.0. The topological polar surface area (TPSA) is 63.7 Å². The summed E-state index contributed by atoms with van der Waals surface area (Å²) >= 11 is 0.